The zero-order chi connectivity index (χ0) is 12.3. The van der Waals surface area contributed by atoms with Gasteiger partial charge in [-0.1, -0.05) is 24.6 Å². The van der Waals surface area contributed by atoms with E-state index in [1.165, 1.54) is 5.57 Å². The third kappa shape index (κ3) is 3.77. The van der Waals surface area contributed by atoms with E-state index in [9.17, 15) is 4.79 Å². The van der Waals surface area contributed by atoms with Gasteiger partial charge in [0.1, 0.15) is 0 Å². The van der Waals surface area contributed by atoms with Gasteiger partial charge in [0.05, 0.1) is 6.61 Å². The summed E-state index contributed by atoms with van der Waals surface area (Å²) >= 11 is 0. The highest BCUT2D eigenvalue weighted by Crippen LogP contribution is 2.44. The molecule has 0 aromatic heterocycles. The molecule has 1 N–H and O–H groups in total. The van der Waals surface area contributed by atoms with Crippen LogP contribution in [-0.2, 0) is 4.74 Å². The molecule has 0 radical (unpaired) electrons. The summed E-state index contributed by atoms with van der Waals surface area (Å²) in [6.45, 7) is 4.72. The van der Waals surface area contributed by atoms with E-state index in [4.69, 9.17) is 4.74 Å². The molecule has 17 heavy (non-hydrogen) atoms. The van der Waals surface area contributed by atoms with Crippen molar-refractivity contribution in [3.05, 3.63) is 35.6 Å². The fraction of sp³-hybridized carbons (Fsp3) is 0.500. The van der Waals surface area contributed by atoms with E-state index in [1.54, 1.807) is 0 Å². The van der Waals surface area contributed by atoms with Crippen molar-refractivity contribution in [2.75, 3.05) is 6.61 Å². The third-order valence-electron chi connectivity index (χ3n) is 3.19. The Hall–Kier alpha value is -1.51. The van der Waals surface area contributed by atoms with Crippen molar-refractivity contribution < 1.29 is 9.53 Å². The number of hydrogen-bond acceptors (Lipinski definition) is 2. The quantitative estimate of drug-likeness (QED) is 0.812. The lowest BCUT2D eigenvalue weighted by Gasteiger charge is -2.10. The number of allylic oxidation sites excluding steroid dienone is 5. The molecule has 0 aromatic rings. The van der Waals surface area contributed by atoms with Gasteiger partial charge in [-0.15, -0.1) is 0 Å². The highest BCUT2D eigenvalue weighted by molar-refractivity contribution is 5.70. The highest BCUT2D eigenvalue weighted by atomic mass is 16.5. The summed E-state index contributed by atoms with van der Waals surface area (Å²) in [5.41, 5.74) is 2.30. The Bertz CT molecular complexity index is 400. The lowest BCUT2D eigenvalue weighted by molar-refractivity contribution is 0.127. The van der Waals surface area contributed by atoms with Crippen LogP contribution in [0.4, 0.5) is 4.79 Å². The molecular weight excluding hydrogens is 214 g/mol. The summed E-state index contributed by atoms with van der Waals surface area (Å²) in [6, 6.07) is 0. The van der Waals surface area contributed by atoms with Crippen LogP contribution in [0.2, 0.25) is 0 Å². The van der Waals surface area contributed by atoms with Crippen LogP contribution in [0.3, 0.4) is 0 Å². The normalized spacial score (nSPS) is 21.1. The number of carbonyl (C=O) groups excluding carboxylic acids is 1. The molecule has 0 bridgehead atoms. The Kier molecular flexibility index (Phi) is 3.36. The lowest BCUT2D eigenvalue weighted by Crippen LogP contribution is -2.25. The van der Waals surface area contributed by atoms with Gasteiger partial charge in [0.15, 0.2) is 0 Å². The number of carbonyl (C=O) groups is 1. The standard InChI is InChI=1S/C14H19NO2/c1-11-4-3-5-12(7-6-11)15-13(16)17-10-14(2)8-9-14/h3,5-7H,4,8-10H2,1-2H3,(H,15,16). The van der Waals surface area contributed by atoms with Crippen molar-refractivity contribution in [1.29, 1.82) is 0 Å². The van der Waals surface area contributed by atoms with Gasteiger partial charge in [0.25, 0.3) is 0 Å². The van der Waals surface area contributed by atoms with E-state index in [0.717, 1.165) is 25.0 Å². The van der Waals surface area contributed by atoms with Crippen LogP contribution in [-0.4, -0.2) is 12.7 Å². The van der Waals surface area contributed by atoms with Crippen LogP contribution >= 0.6 is 0 Å². The summed E-state index contributed by atoms with van der Waals surface area (Å²) in [6.07, 6.45) is 10.7. The number of nitrogens with one attached hydrogen (secondary N) is 1. The van der Waals surface area contributed by atoms with Gasteiger partial charge >= 0.3 is 6.09 Å². The fourth-order valence-corrected chi connectivity index (χ4v) is 1.56. The molecular formula is C14H19NO2. The molecule has 2 rings (SSSR count). The summed E-state index contributed by atoms with van der Waals surface area (Å²) in [5.74, 6) is 0. The SMILES string of the molecule is CC1=CC=C(NC(=O)OCC2(C)CC2)C=CC1. The molecule has 0 unspecified atom stereocenters. The largest absolute Gasteiger partial charge is 0.449 e. The molecule has 0 aromatic carbocycles. The van der Waals surface area contributed by atoms with Gasteiger partial charge in [0, 0.05) is 11.1 Å². The molecule has 2 aliphatic rings. The van der Waals surface area contributed by atoms with Crippen molar-refractivity contribution in [2.24, 2.45) is 5.41 Å². The first-order valence-corrected chi connectivity index (χ1v) is 6.05. The topological polar surface area (TPSA) is 38.3 Å². The molecule has 0 aliphatic heterocycles. The number of ether oxygens (including phenoxy) is 1. The summed E-state index contributed by atoms with van der Waals surface area (Å²) in [7, 11) is 0. The van der Waals surface area contributed by atoms with Crippen LogP contribution in [0, 0.1) is 5.41 Å². The molecule has 0 saturated heterocycles. The average molecular weight is 233 g/mol. The maximum atomic E-state index is 11.6. The van der Waals surface area contributed by atoms with Gasteiger partial charge < -0.3 is 4.74 Å². The molecule has 1 fully saturated rings. The molecule has 1 saturated carbocycles. The predicted octanol–water partition coefficient (Wildman–Crippen LogP) is 3.30. The number of amides is 1. The van der Waals surface area contributed by atoms with E-state index in [0.29, 0.717) is 6.61 Å². The smallest absolute Gasteiger partial charge is 0.411 e. The Labute approximate surface area is 102 Å². The molecule has 3 heteroatoms. The van der Waals surface area contributed by atoms with Crippen molar-refractivity contribution in [3.63, 3.8) is 0 Å². The Balaban J connectivity index is 1.81. The second kappa shape index (κ2) is 4.78. The molecule has 3 nitrogen and oxygen atoms in total. The Morgan fingerprint density at radius 2 is 2.24 bits per heavy atom. The summed E-state index contributed by atoms with van der Waals surface area (Å²) in [4.78, 5) is 11.6. The van der Waals surface area contributed by atoms with Crippen molar-refractivity contribution in [3.8, 4) is 0 Å². The number of hydrogen-bond donors (Lipinski definition) is 1. The molecule has 1 amide bonds. The second-order valence-corrected chi connectivity index (χ2v) is 5.25. The first-order valence-electron chi connectivity index (χ1n) is 6.05. The van der Waals surface area contributed by atoms with Crippen LogP contribution in [0.5, 0.6) is 0 Å². The highest BCUT2D eigenvalue weighted by Gasteiger charge is 2.38. The number of alkyl carbamates (subject to hydrolysis) is 1. The van der Waals surface area contributed by atoms with E-state index < -0.39 is 0 Å². The third-order valence-corrected chi connectivity index (χ3v) is 3.19. The van der Waals surface area contributed by atoms with E-state index in [1.807, 2.05) is 24.3 Å². The van der Waals surface area contributed by atoms with Gasteiger partial charge in [-0.2, -0.15) is 0 Å². The molecule has 0 atom stereocenters. The molecule has 92 valence electrons. The van der Waals surface area contributed by atoms with Crippen molar-refractivity contribution >= 4 is 6.09 Å². The Morgan fingerprint density at radius 3 is 2.94 bits per heavy atom. The molecule has 0 heterocycles. The molecule has 2 aliphatic carbocycles. The summed E-state index contributed by atoms with van der Waals surface area (Å²) in [5, 5.41) is 2.75. The fourth-order valence-electron chi connectivity index (χ4n) is 1.56. The van der Waals surface area contributed by atoms with Gasteiger partial charge in [-0.3, -0.25) is 5.32 Å². The van der Waals surface area contributed by atoms with Crippen LogP contribution < -0.4 is 5.32 Å². The number of rotatable bonds is 3. The maximum absolute atomic E-state index is 11.6. The van der Waals surface area contributed by atoms with Crippen LogP contribution in [0.25, 0.3) is 0 Å². The minimum Gasteiger partial charge on any atom is -0.449 e. The minimum atomic E-state index is -0.359. The van der Waals surface area contributed by atoms with Gasteiger partial charge in [0.2, 0.25) is 0 Å². The van der Waals surface area contributed by atoms with Crippen LogP contribution in [0.15, 0.2) is 35.6 Å². The Morgan fingerprint density at radius 1 is 1.47 bits per heavy atom. The zero-order valence-electron chi connectivity index (χ0n) is 10.5. The van der Waals surface area contributed by atoms with Crippen molar-refractivity contribution in [1.82, 2.24) is 5.32 Å². The van der Waals surface area contributed by atoms with Crippen molar-refractivity contribution in [2.45, 2.75) is 33.1 Å². The lowest BCUT2D eigenvalue weighted by atomic mass is 10.2. The van der Waals surface area contributed by atoms with Gasteiger partial charge in [-0.05, 0) is 38.3 Å². The monoisotopic (exact) mass is 233 g/mol. The predicted molar refractivity (Wildman–Crippen MR) is 67.4 cm³/mol. The van der Waals surface area contributed by atoms with Gasteiger partial charge in [-0.25, -0.2) is 4.79 Å². The van der Waals surface area contributed by atoms with E-state index in [-0.39, 0.29) is 11.5 Å². The zero-order valence-corrected chi connectivity index (χ0v) is 10.5. The average Bonchev–Trinajstić information content (AvgIpc) is 3.04. The van der Waals surface area contributed by atoms with Crippen LogP contribution in [0.1, 0.15) is 33.1 Å². The van der Waals surface area contributed by atoms with E-state index in [2.05, 4.69) is 19.2 Å². The first kappa shape index (κ1) is 12.0. The van der Waals surface area contributed by atoms with E-state index >= 15 is 0 Å². The maximum Gasteiger partial charge on any atom is 0.411 e. The second-order valence-electron chi connectivity index (χ2n) is 5.25. The summed E-state index contributed by atoms with van der Waals surface area (Å²) < 4.78 is 5.19. The molecule has 0 spiro atoms. The minimum absolute atomic E-state index is 0.238. The first-order chi connectivity index (χ1) is 8.07.